The number of nitrogens with two attached hydrogens (primary N) is 1. The minimum atomic E-state index is -0.0948. The molecule has 1 heterocycles. The van der Waals surface area contributed by atoms with Crippen LogP contribution in [0.1, 0.15) is 21.6 Å². The van der Waals surface area contributed by atoms with Crippen LogP contribution in [0.25, 0.3) is 0 Å². The Labute approximate surface area is 124 Å². The maximum absolute atomic E-state index is 12.2. The van der Waals surface area contributed by atoms with E-state index in [-0.39, 0.29) is 5.91 Å². The second-order valence-electron chi connectivity index (χ2n) is 4.74. The summed E-state index contributed by atoms with van der Waals surface area (Å²) in [4.78, 5) is 13.8. The van der Waals surface area contributed by atoms with Crippen LogP contribution in [-0.4, -0.2) is 34.2 Å². The van der Waals surface area contributed by atoms with E-state index in [1.807, 2.05) is 24.3 Å². The monoisotopic (exact) mass is 282 g/mol. The minimum Gasteiger partial charge on any atom is -0.336 e. The van der Waals surface area contributed by atoms with Crippen LogP contribution in [0.3, 0.4) is 0 Å². The second kappa shape index (κ2) is 6.73. The zero-order valence-electron chi connectivity index (χ0n) is 12.2. The van der Waals surface area contributed by atoms with E-state index >= 15 is 0 Å². The van der Waals surface area contributed by atoms with Gasteiger partial charge in [0.2, 0.25) is 0 Å². The van der Waals surface area contributed by atoms with Gasteiger partial charge in [-0.15, -0.1) is 0 Å². The van der Waals surface area contributed by atoms with Crippen molar-refractivity contribution in [3.63, 3.8) is 0 Å². The Balaban J connectivity index is 2.02. The summed E-state index contributed by atoms with van der Waals surface area (Å²) in [5.41, 5.74) is 7.75. The van der Waals surface area contributed by atoms with Gasteiger partial charge in [0.25, 0.3) is 5.91 Å². The van der Waals surface area contributed by atoms with Crippen molar-refractivity contribution in [2.45, 2.75) is 6.54 Å². The highest BCUT2D eigenvalue weighted by atomic mass is 16.2. The third-order valence-corrected chi connectivity index (χ3v) is 2.99. The lowest BCUT2D eigenvalue weighted by molar-refractivity contribution is 0.0778. The highest BCUT2D eigenvalue weighted by Crippen LogP contribution is 2.08. The molecule has 2 rings (SSSR count). The Hall–Kier alpha value is -2.58. The van der Waals surface area contributed by atoms with Crippen LogP contribution in [-0.2, 0) is 13.6 Å². The molecular formula is C16H18N4O. The molecule has 1 amide bonds. The lowest BCUT2D eigenvalue weighted by Gasteiger charge is -2.16. The fourth-order valence-electron chi connectivity index (χ4n) is 1.92. The molecule has 2 aromatic rings. The summed E-state index contributed by atoms with van der Waals surface area (Å²) in [5, 5.41) is 4.12. The Bertz CT molecular complexity index is 676. The SMILES string of the molecule is CN(Cc1ccc(C#CCN)cc1)C(=O)c1ccn(C)n1. The molecule has 0 bridgehead atoms. The number of amides is 1. The van der Waals surface area contributed by atoms with Gasteiger partial charge in [0.05, 0.1) is 6.54 Å². The number of hydrogen-bond acceptors (Lipinski definition) is 3. The maximum Gasteiger partial charge on any atom is 0.274 e. The summed E-state index contributed by atoms with van der Waals surface area (Å²) in [6.45, 7) is 0.878. The zero-order valence-corrected chi connectivity index (χ0v) is 12.2. The number of nitrogens with zero attached hydrogens (tertiary/aromatic N) is 3. The topological polar surface area (TPSA) is 64.2 Å². The van der Waals surface area contributed by atoms with Gasteiger partial charge in [-0.05, 0) is 23.8 Å². The largest absolute Gasteiger partial charge is 0.336 e. The van der Waals surface area contributed by atoms with Crippen LogP contribution >= 0.6 is 0 Å². The molecular weight excluding hydrogens is 264 g/mol. The van der Waals surface area contributed by atoms with E-state index in [0.29, 0.717) is 18.8 Å². The molecule has 21 heavy (non-hydrogen) atoms. The van der Waals surface area contributed by atoms with Gasteiger partial charge in [0.15, 0.2) is 0 Å². The maximum atomic E-state index is 12.2. The molecule has 0 radical (unpaired) electrons. The smallest absolute Gasteiger partial charge is 0.274 e. The van der Waals surface area contributed by atoms with Gasteiger partial charge in [-0.3, -0.25) is 9.48 Å². The van der Waals surface area contributed by atoms with Crippen molar-refractivity contribution in [2.24, 2.45) is 12.8 Å². The van der Waals surface area contributed by atoms with E-state index in [1.54, 1.807) is 35.9 Å². The lowest BCUT2D eigenvalue weighted by Crippen LogP contribution is -2.26. The lowest BCUT2D eigenvalue weighted by atomic mass is 10.1. The van der Waals surface area contributed by atoms with Crippen molar-refractivity contribution in [3.05, 3.63) is 53.3 Å². The molecule has 0 spiro atoms. The van der Waals surface area contributed by atoms with Gasteiger partial charge >= 0.3 is 0 Å². The Morgan fingerprint density at radius 1 is 1.33 bits per heavy atom. The Morgan fingerprint density at radius 3 is 2.62 bits per heavy atom. The first-order chi connectivity index (χ1) is 10.1. The molecule has 0 saturated carbocycles. The number of carbonyl (C=O) groups excluding carboxylic acids is 1. The molecule has 2 N–H and O–H groups in total. The van der Waals surface area contributed by atoms with E-state index in [4.69, 9.17) is 5.73 Å². The molecule has 0 aliphatic rings. The van der Waals surface area contributed by atoms with Gasteiger partial charge in [-0.1, -0.05) is 24.0 Å². The van der Waals surface area contributed by atoms with Gasteiger partial charge < -0.3 is 10.6 Å². The van der Waals surface area contributed by atoms with E-state index in [2.05, 4.69) is 16.9 Å². The summed E-state index contributed by atoms with van der Waals surface area (Å²) in [6.07, 6.45) is 1.76. The third-order valence-electron chi connectivity index (χ3n) is 2.99. The fraction of sp³-hybridized carbons (Fsp3) is 0.250. The van der Waals surface area contributed by atoms with Crippen LogP contribution in [0.2, 0.25) is 0 Å². The molecule has 0 saturated heterocycles. The van der Waals surface area contributed by atoms with Crippen molar-refractivity contribution in [1.82, 2.24) is 14.7 Å². The van der Waals surface area contributed by atoms with Gasteiger partial charge in [-0.25, -0.2) is 0 Å². The highest BCUT2D eigenvalue weighted by Gasteiger charge is 2.14. The average molecular weight is 282 g/mol. The fourth-order valence-corrected chi connectivity index (χ4v) is 1.92. The molecule has 0 aliphatic heterocycles. The minimum absolute atomic E-state index is 0.0948. The van der Waals surface area contributed by atoms with Gasteiger partial charge in [0, 0.05) is 32.4 Å². The average Bonchev–Trinajstić information content (AvgIpc) is 2.92. The van der Waals surface area contributed by atoms with Crippen molar-refractivity contribution < 1.29 is 4.79 Å². The standard InChI is InChI=1S/C16H18N4O/c1-19(16(21)15-9-11-20(2)18-15)12-14-7-5-13(6-8-14)4-3-10-17/h5-9,11H,10,12,17H2,1-2H3. The first kappa shape index (κ1) is 14.8. The summed E-state index contributed by atoms with van der Waals surface area (Å²) < 4.78 is 1.62. The molecule has 0 fully saturated rings. The number of aryl methyl sites for hydroxylation is 1. The molecule has 5 nitrogen and oxygen atoms in total. The molecule has 1 aromatic heterocycles. The van der Waals surface area contributed by atoms with Gasteiger partial charge in [0.1, 0.15) is 5.69 Å². The number of rotatable bonds is 3. The number of aromatic nitrogens is 2. The number of hydrogen-bond donors (Lipinski definition) is 1. The van der Waals surface area contributed by atoms with E-state index < -0.39 is 0 Å². The van der Waals surface area contributed by atoms with Crippen LogP contribution in [0, 0.1) is 11.8 Å². The first-order valence-corrected chi connectivity index (χ1v) is 6.63. The van der Waals surface area contributed by atoms with Crippen molar-refractivity contribution >= 4 is 5.91 Å². The number of carbonyl (C=O) groups is 1. The van der Waals surface area contributed by atoms with E-state index in [9.17, 15) is 4.79 Å². The summed E-state index contributed by atoms with van der Waals surface area (Å²) in [5.74, 6) is 5.68. The normalized spacial score (nSPS) is 9.86. The summed E-state index contributed by atoms with van der Waals surface area (Å²) >= 11 is 0. The molecule has 0 aliphatic carbocycles. The van der Waals surface area contributed by atoms with Crippen molar-refractivity contribution in [2.75, 3.05) is 13.6 Å². The second-order valence-corrected chi connectivity index (χ2v) is 4.74. The summed E-state index contributed by atoms with van der Waals surface area (Å²) in [6, 6.07) is 9.49. The Kier molecular flexibility index (Phi) is 4.75. The first-order valence-electron chi connectivity index (χ1n) is 6.63. The summed E-state index contributed by atoms with van der Waals surface area (Å²) in [7, 11) is 3.55. The third kappa shape index (κ3) is 3.94. The molecule has 1 aromatic carbocycles. The van der Waals surface area contributed by atoms with E-state index in [1.165, 1.54) is 0 Å². The highest BCUT2D eigenvalue weighted by molar-refractivity contribution is 5.91. The molecule has 5 heteroatoms. The molecule has 108 valence electrons. The van der Waals surface area contributed by atoms with Gasteiger partial charge in [-0.2, -0.15) is 5.10 Å². The van der Waals surface area contributed by atoms with Crippen molar-refractivity contribution in [3.8, 4) is 11.8 Å². The van der Waals surface area contributed by atoms with Crippen molar-refractivity contribution in [1.29, 1.82) is 0 Å². The van der Waals surface area contributed by atoms with Crippen LogP contribution in [0.5, 0.6) is 0 Å². The van der Waals surface area contributed by atoms with Crippen LogP contribution in [0.4, 0.5) is 0 Å². The quantitative estimate of drug-likeness (QED) is 0.854. The van der Waals surface area contributed by atoms with Crippen LogP contribution in [0.15, 0.2) is 36.5 Å². The van der Waals surface area contributed by atoms with E-state index in [0.717, 1.165) is 11.1 Å². The Morgan fingerprint density at radius 2 is 2.05 bits per heavy atom. The predicted octanol–water partition coefficient (Wildman–Crippen LogP) is 1.00. The molecule has 0 unspecified atom stereocenters. The van der Waals surface area contributed by atoms with Crippen LogP contribution < -0.4 is 5.73 Å². The molecule has 0 atom stereocenters. The number of benzene rings is 1. The predicted molar refractivity (Wildman–Crippen MR) is 81.4 cm³/mol. The zero-order chi connectivity index (χ0) is 15.2.